The molecule has 0 bridgehead atoms. The number of nitrogens with one attached hydrogen (secondary N) is 1. The van der Waals surface area contributed by atoms with Crippen LogP contribution >= 0.6 is 11.8 Å². The molecule has 7 nitrogen and oxygen atoms in total. The highest BCUT2D eigenvalue weighted by atomic mass is 32.2. The van der Waals surface area contributed by atoms with Gasteiger partial charge in [-0.15, -0.1) is 11.8 Å². The minimum absolute atomic E-state index is 0.0872. The Hall–Kier alpha value is -2.71. The van der Waals surface area contributed by atoms with Crippen LogP contribution in [0.5, 0.6) is 0 Å². The highest BCUT2D eigenvalue weighted by Crippen LogP contribution is 2.26. The zero-order chi connectivity index (χ0) is 19.2. The van der Waals surface area contributed by atoms with Crippen molar-refractivity contribution in [1.29, 1.82) is 0 Å². The van der Waals surface area contributed by atoms with Gasteiger partial charge in [-0.3, -0.25) is 4.79 Å². The van der Waals surface area contributed by atoms with E-state index >= 15 is 0 Å². The Kier molecular flexibility index (Phi) is 5.98. The second-order valence-electron chi connectivity index (χ2n) is 6.49. The lowest BCUT2D eigenvalue weighted by Crippen LogP contribution is -2.23. The van der Waals surface area contributed by atoms with E-state index in [4.69, 9.17) is 4.74 Å². The van der Waals surface area contributed by atoms with E-state index in [1.54, 1.807) is 29.0 Å². The molecule has 1 aliphatic rings. The smallest absolute Gasteiger partial charge is 0.252 e. The Morgan fingerprint density at radius 2 is 2.21 bits per heavy atom. The molecule has 0 saturated carbocycles. The predicted molar refractivity (Wildman–Crippen MR) is 106 cm³/mol. The Bertz CT molecular complexity index is 909. The van der Waals surface area contributed by atoms with Crippen LogP contribution < -0.4 is 5.32 Å². The van der Waals surface area contributed by atoms with Gasteiger partial charge in [0.2, 0.25) is 0 Å². The van der Waals surface area contributed by atoms with E-state index in [0.29, 0.717) is 17.9 Å². The SMILES string of the molecule is O=C(NCc1ccc(-n2cncn2)nc1)c1ccccc1SC[C@H]1CCCO1. The molecule has 3 aromatic rings. The number of aromatic nitrogens is 4. The van der Waals surface area contributed by atoms with Crippen molar-refractivity contribution in [3.05, 3.63) is 66.4 Å². The average Bonchev–Trinajstić information content (AvgIpc) is 3.45. The fourth-order valence-electron chi connectivity index (χ4n) is 3.00. The third-order valence-electron chi connectivity index (χ3n) is 4.50. The molecule has 1 aliphatic heterocycles. The molecule has 2 aromatic heterocycles. The molecule has 4 rings (SSSR count). The Balaban J connectivity index is 1.35. The summed E-state index contributed by atoms with van der Waals surface area (Å²) in [5, 5.41) is 7.03. The first-order valence-electron chi connectivity index (χ1n) is 9.21. The van der Waals surface area contributed by atoms with Crippen LogP contribution in [0.3, 0.4) is 0 Å². The maximum atomic E-state index is 12.7. The average molecular weight is 395 g/mol. The van der Waals surface area contributed by atoms with Crippen LogP contribution in [0.4, 0.5) is 0 Å². The first-order chi connectivity index (χ1) is 13.8. The van der Waals surface area contributed by atoms with Crippen LogP contribution in [0, 0.1) is 0 Å². The van der Waals surface area contributed by atoms with Crippen LogP contribution in [-0.4, -0.2) is 44.1 Å². The number of hydrogen-bond acceptors (Lipinski definition) is 6. The van der Waals surface area contributed by atoms with E-state index in [2.05, 4.69) is 20.4 Å². The number of amides is 1. The standard InChI is InChI=1S/C20H21N5O2S/c26-20(17-5-1-2-6-18(17)28-12-16-4-3-9-27-16)23-11-15-7-8-19(22-10-15)25-14-21-13-24-25/h1-2,5-8,10,13-14,16H,3-4,9,11-12H2,(H,23,26)/t16-/m1/s1. The summed E-state index contributed by atoms with van der Waals surface area (Å²) in [6.45, 7) is 1.26. The molecule has 3 heterocycles. The van der Waals surface area contributed by atoms with Crippen LogP contribution in [0.2, 0.25) is 0 Å². The van der Waals surface area contributed by atoms with Gasteiger partial charge in [0.25, 0.3) is 5.91 Å². The lowest BCUT2D eigenvalue weighted by atomic mass is 10.2. The highest BCUT2D eigenvalue weighted by molar-refractivity contribution is 7.99. The monoisotopic (exact) mass is 395 g/mol. The van der Waals surface area contributed by atoms with E-state index in [0.717, 1.165) is 35.7 Å². The summed E-state index contributed by atoms with van der Waals surface area (Å²) in [5.41, 5.74) is 1.61. The number of nitrogens with zero attached hydrogens (tertiary/aromatic N) is 4. The summed E-state index contributed by atoms with van der Waals surface area (Å²) >= 11 is 1.68. The molecule has 28 heavy (non-hydrogen) atoms. The highest BCUT2D eigenvalue weighted by Gasteiger charge is 2.17. The molecule has 0 spiro atoms. The lowest BCUT2D eigenvalue weighted by molar-refractivity contribution is 0.0947. The maximum Gasteiger partial charge on any atom is 0.252 e. The summed E-state index contributed by atoms with van der Waals surface area (Å²) in [5.74, 6) is 1.47. The number of thioether (sulfide) groups is 1. The fraction of sp³-hybridized carbons (Fsp3) is 0.300. The van der Waals surface area contributed by atoms with Crippen molar-refractivity contribution < 1.29 is 9.53 Å². The van der Waals surface area contributed by atoms with Crippen LogP contribution in [-0.2, 0) is 11.3 Å². The third-order valence-corrected chi connectivity index (χ3v) is 5.70. The number of pyridine rings is 1. The first kappa shape index (κ1) is 18.6. The predicted octanol–water partition coefficient (Wildman–Crippen LogP) is 2.86. The van der Waals surface area contributed by atoms with Gasteiger partial charge >= 0.3 is 0 Å². The topological polar surface area (TPSA) is 81.9 Å². The second-order valence-corrected chi connectivity index (χ2v) is 7.55. The van der Waals surface area contributed by atoms with Gasteiger partial charge in [0.05, 0.1) is 11.7 Å². The molecule has 0 radical (unpaired) electrons. The van der Waals surface area contributed by atoms with Crippen LogP contribution in [0.1, 0.15) is 28.8 Å². The molecule has 1 atom stereocenters. The summed E-state index contributed by atoms with van der Waals surface area (Å²) in [6, 6.07) is 11.5. The summed E-state index contributed by atoms with van der Waals surface area (Å²) in [4.78, 5) is 21.9. The molecule has 1 aromatic carbocycles. The number of carbonyl (C=O) groups excluding carboxylic acids is 1. The van der Waals surface area contributed by atoms with Gasteiger partial charge in [-0.05, 0) is 36.6 Å². The largest absolute Gasteiger partial charge is 0.377 e. The Morgan fingerprint density at radius 3 is 2.96 bits per heavy atom. The summed E-state index contributed by atoms with van der Waals surface area (Å²) in [6.07, 6.45) is 7.29. The second kappa shape index (κ2) is 8.99. The zero-order valence-electron chi connectivity index (χ0n) is 15.3. The minimum atomic E-state index is -0.0872. The number of ether oxygens (including phenoxy) is 1. The van der Waals surface area contributed by atoms with Gasteiger partial charge in [-0.25, -0.2) is 14.6 Å². The van der Waals surface area contributed by atoms with Crippen LogP contribution in [0.15, 0.2) is 60.1 Å². The van der Waals surface area contributed by atoms with Crippen molar-refractivity contribution in [1.82, 2.24) is 25.1 Å². The Labute approximate surface area is 167 Å². The minimum Gasteiger partial charge on any atom is -0.377 e. The van der Waals surface area contributed by atoms with Crippen molar-refractivity contribution in [3.8, 4) is 5.82 Å². The first-order valence-corrected chi connectivity index (χ1v) is 10.2. The van der Waals surface area contributed by atoms with Crippen LogP contribution in [0.25, 0.3) is 5.82 Å². The Morgan fingerprint density at radius 1 is 1.29 bits per heavy atom. The molecule has 1 fully saturated rings. The van der Waals surface area contributed by atoms with E-state index < -0.39 is 0 Å². The van der Waals surface area contributed by atoms with Crippen molar-refractivity contribution in [2.75, 3.05) is 12.4 Å². The van der Waals surface area contributed by atoms with E-state index in [9.17, 15) is 4.79 Å². The van der Waals surface area contributed by atoms with Crippen molar-refractivity contribution in [2.24, 2.45) is 0 Å². The zero-order valence-corrected chi connectivity index (χ0v) is 16.1. The van der Waals surface area contributed by atoms with Crippen molar-refractivity contribution in [3.63, 3.8) is 0 Å². The van der Waals surface area contributed by atoms with Gasteiger partial charge in [-0.2, -0.15) is 5.10 Å². The molecule has 0 unspecified atom stereocenters. The molecule has 8 heteroatoms. The van der Waals surface area contributed by atoms with Gasteiger partial charge in [0.1, 0.15) is 12.7 Å². The molecule has 144 valence electrons. The number of rotatable bonds is 7. The molecule has 0 aliphatic carbocycles. The fourth-order valence-corrected chi connectivity index (χ4v) is 4.12. The van der Waals surface area contributed by atoms with Gasteiger partial charge < -0.3 is 10.1 Å². The van der Waals surface area contributed by atoms with Gasteiger partial charge in [0, 0.05) is 30.0 Å². The number of benzene rings is 1. The lowest BCUT2D eigenvalue weighted by Gasteiger charge is -2.12. The number of carbonyl (C=O) groups is 1. The molecule has 1 amide bonds. The molecular formula is C20H21N5O2S. The van der Waals surface area contributed by atoms with E-state index in [1.807, 2.05) is 36.4 Å². The van der Waals surface area contributed by atoms with Gasteiger partial charge in [-0.1, -0.05) is 18.2 Å². The van der Waals surface area contributed by atoms with E-state index in [-0.39, 0.29) is 12.0 Å². The summed E-state index contributed by atoms with van der Waals surface area (Å²) < 4.78 is 7.27. The quantitative estimate of drug-likeness (QED) is 0.620. The summed E-state index contributed by atoms with van der Waals surface area (Å²) in [7, 11) is 0. The maximum absolute atomic E-state index is 12.7. The molecular weight excluding hydrogens is 374 g/mol. The normalized spacial score (nSPS) is 16.2. The molecule has 1 saturated heterocycles. The third kappa shape index (κ3) is 4.58. The molecule has 1 N–H and O–H groups in total. The van der Waals surface area contributed by atoms with E-state index in [1.165, 1.54) is 6.33 Å². The van der Waals surface area contributed by atoms with Crippen molar-refractivity contribution in [2.45, 2.75) is 30.4 Å². The van der Waals surface area contributed by atoms with Crippen molar-refractivity contribution >= 4 is 17.7 Å². The number of hydrogen-bond donors (Lipinski definition) is 1. The van der Waals surface area contributed by atoms with Gasteiger partial charge in [0.15, 0.2) is 5.82 Å².